The SMILES string of the molecule is CCOC(=O)Cc1ccc(Cl)cc1-c1ccccn1. The van der Waals surface area contributed by atoms with Gasteiger partial charge < -0.3 is 4.74 Å². The fourth-order valence-corrected chi connectivity index (χ4v) is 2.00. The van der Waals surface area contributed by atoms with E-state index in [0.717, 1.165) is 16.8 Å². The van der Waals surface area contributed by atoms with Gasteiger partial charge >= 0.3 is 5.97 Å². The first kappa shape index (κ1) is 13.6. The maximum atomic E-state index is 11.6. The molecule has 0 saturated carbocycles. The summed E-state index contributed by atoms with van der Waals surface area (Å²) in [7, 11) is 0. The highest BCUT2D eigenvalue weighted by Crippen LogP contribution is 2.26. The number of benzene rings is 1. The number of hydrogen-bond acceptors (Lipinski definition) is 3. The number of pyridine rings is 1. The normalized spacial score (nSPS) is 10.2. The molecule has 0 atom stereocenters. The molecule has 3 nitrogen and oxygen atoms in total. The van der Waals surface area contributed by atoms with Gasteiger partial charge in [-0.15, -0.1) is 0 Å². The molecule has 0 aliphatic carbocycles. The Morgan fingerprint density at radius 1 is 1.32 bits per heavy atom. The van der Waals surface area contributed by atoms with Gasteiger partial charge in [-0.25, -0.2) is 0 Å². The highest BCUT2D eigenvalue weighted by atomic mass is 35.5. The summed E-state index contributed by atoms with van der Waals surface area (Å²) in [4.78, 5) is 15.9. The average molecular weight is 276 g/mol. The molecule has 2 rings (SSSR count). The Hall–Kier alpha value is -1.87. The van der Waals surface area contributed by atoms with Crippen molar-refractivity contribution in [3.63, 3.8) is 0 Å². The van der Waals surface area contributed by atoms with E-state index < -0.39 is 0 Å². The fourth-order valence-electron chi connectivity index (χ4n) is 1.83. The van der Waals surface area contributed by atoms with Crippen molar-refractivity contribution in [3.8, 4) is 11.3 Å². The molecule has 0 bridgehead atoms. The lowest BCUT2D eigenvalue weighted by atomic mass is 10.0. The Kier molecular flexibility index (Phi) is 4.53. The van der Waals surface area contributed by atoms with Crippen molar-refractivity contribution in [2.75, 3.05) is 6.61 Å². The predicted molar refractivity (Wildman–Crippen MR) is 75.0 cm³/mol. The minimum Gasteiger partial charge on any atom is -0.466 e. The van der Waals surface area contributed by atoms with E-state index in [0.29, 0.717) is 11.6 Å². The lowest BCUT2D eigenvalue weighted by Crippen LogP contribution is -2.08. The molecule has 4 heteroatoms. The van der Waals surface area contributed by atoms with Gasteiger partial charge in [0.25, 0.3) is 0 Å². The molecular formula is C15H14ClNO2. The maximum Gasteiger partial charge on any atom is 0.310 e. The fraction of sp³-hybridized carbons (Fsp3) is 0.200. The number of carbonyl (C=O) groups is 1. The zero-order valence-corrected chi connectivity index (χ0v) is 11.4. The molecule has 19 heavy (non-hydrogen) atoms. The highest BCUT2D eigenvalue weighted by molar-refractivity contribution is 6.30. The average Bonchev–Trinajstić information content (AvgIpc) is 2.42. The van der Waals surface area contributed by atoms with Crippen LogP contribution in [-0.4, -0.2) is 17.6 Å². The molecule has 0 radical (unpaired) electrons. The third-order valence-corrected chi connectivity index (χ3v) is 2.89. The van der Waals surface area contributed by atoms with Gasteiger partial charge in [0.2, 0.25) is 0 Å². The number of aromatic nitrogens is 1. The van der Waals surface area contributed by atoms with Crippen molar-refractivity contribution in [1.82, 2.24) is 4.98 Å². The van der Waals surface area contributed by atoms with Crippen LogP contribution in [0.5, 0.6) is 0 Å². The van der Waals surface area contributed by atoms with Crippen molar-refractivity contribution in [2.45, 2.75) is 13.3 Å². The molecule has 1 aromatic heterocycles. The van der Waals surface area contributed by atoms with Gasteiger partial charge in [0.05, 0.1) is 18.7 Å². The lowest BCUT2D eigenvalue weighted by Gasteiger charge is -2.09. The van der Waals surface area contributed by atoms with Crippen LogP contribution in [0.1, 0.15) is 12.5 Å². The number of rotatable bonds is 4. The molecule has 0 fully saturated rings. The first-order chi connectivity index (χ1) is 9.20. The number of hydrogen-bond donors (Lipinski definition) is 0. The second-order valence-corrected chi connectivity index (χ2v) is 4.43. The van der Waals surface area contributed by atoms with Gasteiger partial charge in [0, 0.05) is 16.8 Å². The molecule has 0 N–H and O–H groups in total. The van der Waals surface area contributed by atoms with Crippen LogP contribution in [0.4, 0.5) is 0 Å². The molecule has 0 aliphatic heterocycles. The summed E-state index contributed by atoms with van der Waals surface area (Å²) in [6.07, 6.45) is 1.93. The first-order valence-corrected chi connectivity index (χ1v) is 6.44. The molecule has 1 heterocycles. The predicted octanol–water partition coefficient (Wildman–Crippen LogP) is 3.51. The zero-order valence-electron chi connectivity index (χ0n) is 10.6. The van der Waals surface area contributed by atoms with Gasteiger partial charge in [-0.3, -0.25) is 9.78 Å². The number of halogens is 1. The molecule has 0 amide bonds. The Labute approximate surface area is 117 Å². The zero-order chi connectivity index (χ0) is 13.7. The van der Waals surface area contributed by atoms with Crippen molar-refractivity contribution < 1.29 is 9.53 Å². The third kappa shape index (κ3) is 3.55. The summed E-state index contributed by atoms with van der Waals surface area (Å²) >= 11 is 6.02. The van der Waals surface area contributed by atoms with Crippen molar-refractivity contribution >= 4 is 17.6 Å². The molecule has 0 aliphatic rings. The van der Waals surface area contributed by atoms with Crippen molar-refractivity contribution in [1.29, 1.82) is 0 Å². The summed E-state index contributed by atoms with van der Waals surface area (Å²) < 4.78 is 4.97. The maximum absolute atomic E-state index is 11.6. The quantitative estimate of drug-likeness (QED) is 0.802. The first-order valence-electron chi connectivity index (χ1n) is 6.06. The minimum absolute atomic E-state index is 0.219. The Morgan fingerprint density at radius 3 is 2.84 bits per heavy atom. The Balaban J connectivity index is 2.36. The summed E-state index contributed by atoms with van der Waals surface area (Å²) in [5.41, 5.74) is 2.52. The summed E-state index contributed by atoms with van der Waals surface area (Å²) in [6, 6.07) is 11.1. The van der Waals surface area contributed by atoms with Gasteiger partial charge in [0.1, 0.15) is 0 Å². The van der Waals surface area contributed by atoms with Crippen LogP contribution in [0.2, 0.25) is 5.02 Å². The van der Waals surface area contributed by atoms with Crippen LogP contribution in [0.3, 0.4) is 0 Å². The van der Waals surface area contributed by atoms with Crippen LogP contribution >= 0.6 is 11.6 Å². The van der Waals surface area contributed by atoms with Crippen molar-refractivity contribution in [3.05, 3.63) is 53.2 Å². The highest BCUT2D eigenvalue weighted by Gasteiger charge is 2.11. The minimum atomic E-state index is -0.248. The molecule has 98 valence electrons. The lowest BCUT2D eigenvalue weighted by molar-refractivity contribution is -0.142. The van der Waals surface area contributed by atoms with Gasteiger partial charge in [-0.05, 0) is 36.8 Å². The smallest absolute Gasteiger partial charge is 0.310 e. The van der Waals surface area contributed by atoms with Crippen LogP contribution in [0, 0.1) is 0 Å². The van der Waals surface area contributed by atoms with Gasteiger partial charge in [-0.2, -0.15) is 0 Å². The van der Waals surface area contributed by atoms with Crippen LogP contribution in [0.15, 0.2) is 42.6 Å². The Bertz CT molecular complexity index is 570. The van der Waals surface area contributed by atoms with Crippen LogP contribution in [-0.2, 0) is 16.0 Å². The van der Waals surface area contributed by atoms with Crippen LogP contribution < -0.4 is 0 Å². The van der Waals surface area contributed by atoms with E-state index in [-0.39, 0.29) is 12.4 Å². The van der Waals surface area contributed by atoms with E-state index in [2.05, 4.69) is 4.98 Å². The van der Waals surface area contributed by atoms with E-state index in [4.69, 9.17) is 16.3 Å². The van der Waals surface area contributed by atoms with Crippen molar-refractivity contribution in [2.24, 2.45) is 0 Å². The molecular weight excluding hydrogens is 262 g/mol. The van der Waals surface area contributed by atoms with E-state index >= 15 is 0 Å². The molecule has 0 unspecified atom stereocenters. The second-order valence-electron chi connectivity index (χ2n) is 4.00. The van der Waals surface area contributed by atoms with E-state index in [9.17, 15) is 4.79 Å². The molecule has 1 aromatic carbocycles. The number of esters is 1. The monoisotopic (exact) mass is 275 g/mol. The number of ether oxygens (including phenoxy) is 1. The molecule has 0 spiro atoms. The largest absolute Gasteiger partial charge is 0.466 e. The molecule has 2 aromatic rings. The standard InChI is InChI=1S/C15H14ClNO2/c1-2-19-15(18)9-11-6-7-12(16)10-13(11)14-5-3-4-8-17-14/h3-8,10H,2,9H2,1H3. The van der Waals surface area contributed by atoms with Crippen LogP contribution in [0.25, 0.3) is 11.3 Å². The summed E-state index contributed by atoms with van der Waals surface area (Å²) in [6.45, 7) is 2.17. The Morgan fingerprint density at radius 2 is 2.16 bits per heavy atom. The summed E-state index contributed by atoms with van der Waals surface area (Å²) in [5.74, 6) is -0.248. The third-order valence-electron chi connectivity index (χ3n) is 2.65. The van der Waals surface area contributed by atoms with E-state index in [1.165, 1.54) is 0 Å². The summed E-state index contributed by atoms with van der Waals surface area (Å²) in [5, 5.41) is 0.619. The van der Waals surface area contributed by atoms with Gasteiger partial charge in [-0.1, -0.05) is 23.7 Å². The number of carbonyl (C=O) groups excluding carboxylic acids is 1. The van der Waals surface area contributed by atoms with Gasteiger partial charge in [0.15, 0.2) is 0 Å². The number of nitrogens with zero attached hydrogens (tertiary/aromatic N) is 1. The topological polar surface area (TPSA) is 39.2 Å². The van der Waals surface area contributed by atoms with E-state index in [1.807, 2.05) is 30.3 Å². The molecule has 0 saturated heterocycles. The van der Waals surface area contributed by atoms with E-state index in [1.54, 1.807) is 19.2 Å². The second kappa shape index (κ2) is 6.34.